The zero-order valence-electron chi connectivity index (χ0n) is 10.0. The number of aromatic nitrogens is 3. The van der Waals surface area contributed by atoms with Crippen LogP contribution in [0.1, 0.15) is 0 Å². The summed E-state index contributed by atoms with van der Waals surface area (Å²) < 4.78 is 1.31. The van der Waals surface area contributed by atoms with Crippen molar-refractivity contribution in [2.45, 2.75) is 0 Å². The molecule has 0 radical (unpaired) electrons. The van der Waals surface area contributed by atoms with Crippen LogP contribution in [0.4, 0.5) is 5.95 Å². The molecule has 0 bridgehead atoms. The molecule has 0 saturated carbocycles. The maximum absolute atomic E-state index is 11.9. The Kier molecular flexibility index (Phi) is 4.27. The third-order valence-corrected chi connectivity index (χ3v) is 2.47. The molecule has 1 heterocycles. The highest BCUT2D eigenvalue weighted by Crippen LogP contribution is 2.12. The van der Waals surface area contributed by atoms with Crippen molar-refractivity contribution in [3.8, 4) is 5.69 Å². The van der Waals surface area contributed by atoms with Gasteiger partial charge in [-0.1, -0.05) is 23.7 Å². The first-order valence-corrected chi connectivity index (χ1v) is 5.90. The van der Waals surface area contributed by atoms with Crippen LogP contribution in [0, 0.1) is 0 Å². The van der Waals surface area contributed by atoms with E-state index in [1.54, 1.807) is 30.3 Å². The van der Waals surface area contributed by atoms with Gasteiger partial charge in [0.2, 0.25) is 5.95 Å². The first-order valence-electron chi connectivity index (χ1n) is 5.52. The van der Waals surface area contributed by atoms with E-state index in [1.807, 2.05) is 0 Å². The monoisotopic (exact) mass is 277 g/mol. The van der Waals surface area contributed by atoms with Gasteiger partial charge in [0, 0.05) is 11.6 Å². The molecule has 0 amide bonds. The smallest absolute Gasteiger partial charge is 0.289 e. The second-order valence-corrected chi connectivity index (χ2v) is 4.04. The topological polar surface area (TPSA) is 71.8 Å². The molecule has 1 aromatic carbocycles. The molecule has 0 spiro atoms. The molecule has 0 saturated heterocycles. The minimum absolute atomic E-state index is 0.199. The van der Waals surface area contributed by atoms with Gasteiger partial charge in [0.25, 0.3) is 0 Å². The maximum atomic E-state index is 11.9. The zero-order chi connectivity index (χ0) is 13.7. The highest BCUT2D eigenvalue weighted by Gasteiger charge is 2.03. The highest BCUT2D eigenvalue weighted by atomic mass is 35.5. The summed E-state index contributed by atoms with van der Waals surface area (Å²) in [6.07, 6.45) is 3.05. The lowest BCUT2D eigenvalue weighted by Crippen LogP contribution is -2.28. The van der Waals surface area contributed by atoms with Crippen molar-refractivity contribution in [1.82, 2.24) is 20.0 Å². The van der Waals surface area contributed by atoms with Crippen molar-refractivity contribution >= 4 is 17.5 Å². The summed E-state index contributed by atoms with van der Waals surface area (Å²) in [6.45, 7) is 4.08. The van der Waals surface area contributed by atoms with Gasteiger partial charge in [0.05, 0.1) is 5.69 Å². The molecule has 2 aromatic rings. The molecule has 0 unspecified atom stereocenters. The number of benzene rings is 1. The van der Waals surface area contributed by atoms with Crippen LogP contribution in [0.3, 0.4) is 0 Å². The van der Waals surface area contributed by atoms with Crippen molar-refractivity contribution in [2.75, 3.05) is 12.0 Å². The summed E-state index contributed by atoms with van der Waals surface area (Å²) in [5.74, 6) is 0.199. The molecule has 19 heavy (non-hydrogen) atoms. The van der Waals surface area contributed by atoms with Gasteiger partial charge in [0.15, 0.2) is 0 Å². The SMILES string of the molecule is C=CCNNc1ncn(-c2cccc(Cl)c2)c(=O)n1. The first-order chi connectivity index (χ1) is 9.20. The summed E-state index contributed by atoms with van der Waals surface area (Å²) in [7, 11) is 0. The predicted molar refractivity (Wildman–Crippen MR) is 74.5 cm³/mol. The molecule has 0 atom stereocenters. The lowest BCUT2D eigenvalue weighted by atomic mass is 10.3. The summed E-state index contributed by atoms with van der Waals surface area (Å²) in [5.41, 5.74) is 5.65. The molecule has 2 rings (SSSR count). The molecular weight excluding hydrogens is 266 g/mol. The molecule has 98 valence electrons. The van der Waals surface area contributed by atoms with Crippen molar-refractivity contribution in [3.63, 3.8) is 0 Å². The number of nitrogens with zero attached hydrogens (tertiary/aromatic N) is 3. The molecular formula is C12H12ClN5O. The van der Waals surface area contributed by atoms with Crippen molar-refractivity contribution in [3.05, 3.63) is 58.8 Å². The molecule has 0 fully saturated rings. The van der Waals surface area contributed by atoms with Gasteiger partial charge in [-0.25, -0.2) is 15.2 Å². The summed E-state index contributed by atoms with van der Waals surface area (Å²) >= 11 is 5.87. The Hall–Kier alpha value is -2.18. The second kappa shape index (κ2) is 6.12. The number of halogens is 1. The van der Waals surface area contributed by atoms with Gasteiger partial charge in [-0.05, 0) is 18.2 Å². The Labute approximate surface area is 114 Å². The van der Waals surface area contributed by atoms with E-state index in [4.69, 9.17) is 11.6 Å². The summed E-state index contributed by atoms with van der Waals surface area (Å²) in [4.78, 5) is 19.7. The number of hydrazine groups is 1. The largest absolute Gasteiger partial charge is 0.356 e. The van der Waals surface area contributed by atoms with Crippen LogP contribution >= 0.6 is 11.6 Å². The maximum Gasteiger partial charge on any atom is 0.356 e. The number of rotatable bonds is 5. The first kappa shape index (κ1) is 13.3. The van der Waals surface area contributed by atoms with Crippen molar-refractivity contribution < 1.29 is 0 Å². The normalized spacial score (nSPS) is 10.2. The molecule has 0 aliphatic carbocycles. The Morgan fingerprint density at radius 2 is 2.32 bits per heavy atom. The summed E-state index contributed by atoms with van der Waals surface area (Å²) in [5, 5.41) is 0.541. The minimum Gasteiger partial charge on any atom is -0.289 e. The fraction of sp³-hybridized carbons (Fsp3) is 0.0833. The Morgan fingerprint density at radius 3 is 3.00 bits per heavy atom. The molecule has 0 aliphatic rings. The Morgan fingerprint density at radius 1 is 1.47 bits per heavy atom. The van der Waals surface area contributed by atoms with Gasteiger partial charge < -0.3 is 0 Å². The Bertz CT molecular complexity index is 640. The average molecular weight is 278 g/mol. The molecule has 7 heteroatoms. The molecule has 0 aliphatic heterocycles. The number of anilines is 1. The van der Waals surface area contributed by atoms with Crippen LogP contribution in [0.2, 0.25) is 5.02 Å². The average Bonchev–Trinajstić information content (AvgIpc) is 2.39. The van der Waals surface area contributed by atoms with E-state index in [0.29, 0.717) is 17.3 Å². The third-order valence-electron chi connectivity index (χ3n) is 2.24. The van der Waals surface area contributed by atoms with Crippen LogP contribution in [-0.4, -0.2) is 21.1 Å². The van der Waals surface area contributed by atoms with Crippen LogP contribution in [0.15, 0.2) is 48.0 Å². The predicted octanol–water partition coefficient (Wildman–Crippen LogP) is 1.38. The van der Waals surface area contributed by atoms with Gasteiger partial charge >= 0.3 is 5.69 Å². The number of nitrogens with one attached hydrogen (secondary N) is 2. The lowest BCUT2D eigenvalue weighted by Gasteiger charge is -2.07. The van der Waals surface area contributed by atoms with E-state index >= 15 is 0 Å². The zero-order valence-corrected chi connectivity index (χ0v) is 10.8. The van der Waals surface area contributed by atoms with Crippen LogP contribution < -0.4 is 16.5 Å². The third kappa shape index (κ3) is 3.40. The minimum atomic E-state index is -0.444. The summed E-state index contributed by atoms with van der Waals surface area (Å²) in [6, 6.07) is 6.89. The van der Waals surface area contributed by atoms with Crippen LogP contribution in [-0.2, 0) is 0 Å². The molecule has 2 N–H and O–H groups in total. The number of hydrogen-bond donors (Lipinski definition) is 2. The van der Waals surface area contributed by atoms with Crippen molar-refractivity contribution in [2.24, 2.45) is 0 Å². The molecule has 1 aromatic heterocycles. The van der Waals surface area contributed by atoms with Crippen LogP contribution in [0.5, 0.6) is 0 Å². The lowest BCUT2D eigenvalue weighted by molar-refractivity contribution is 0.816. The van der Waals surface area contributed by atoms with Crippen LogP contribution in [0.25, 0.3) is 5.69 Å². The molecule has 6 nitrogen and oxygen atoms in total. The van der Waals surface area contributed by atoms with Gasteiger partial charge in [-0.3, -0.25) is 9.99 Å². The van der Waals surface area contributed by atoms with E-state index in [-0.39, 0.29) is 5.95 Å². The second-order valence-electron chi connectivity index (χ2n) is 3.61. The van der Waals surface area contributed by atoms with Gasteiger partial charge in [-0.15, -0.1) is 6.58 Å². The van der Waals surface area contributed by atoms with E-state index in [2.05, 4.69) is 27.4 Å². The number of hydrogen-bond acceptors (Lipinski definition) is 5. The van der Waals surface area contributed by atoms with Crippen molar-refractivity contribution in [1.29, 1.82) is 0 Å². The van der Waals surface area contributed by atoms with E-state index in [9.17, 15) is 4.79 Å². The van der Waals surface area contributed by atoms with Gasteiger partial charge in [0.1, 0.15) is 6.33 Å². The quantitative estimate of drug-likeness (QED) is 0.491. The standard InChI is InChI=1S/C12H12ClN5O/c1-2-6-15-17-11-14-8-18(12(19)16-11)10-5-3-4-9(13)7-10/h2-5,7-8,15H,1,6H2,(H,16,17,19). The highest BCUT2D eigenvalue weighted by molar-refractivity contribution is 6.30. The fourth-order valence-corrected chi connectivity index (χ4v) is 1.59. The van der Waals surface area contributed by atoms with Gasteiger partial charge in [-0.2, -0.15) is 4.98 Å². The Balaban J connectivity index is 2.24. The fourth-order valence-electron chi connectivity index (χ4n) is 1.40. The van der Waals surface area contributed by atoms with E-state index < -0.39 is 5.69 Å². The van der Waals surface area contributed by atoms with E-state index in [0.717, 1.165) is 0 Å². The van der Waals surface area contributed by atoms with E-state index in [1.165, 1.54) is 10.9 Å².